The number of aromatic nitrogens is 2. The third-order valence-corrected chi connectivity index (χ3v) is 1.48. The molecule has 1 aromatic heterocycles. The highest BCUT2D eigenvalue weighted by molar-refractivity contribution is 14.1. The van der Waals surface area contributed by atoms with Crippen molar-refractivity contribution in [3.63, 3.8) is 0 Å². The fourth-order valence-electron chi connectivity index (χ4n) is 0.501. The predicted octanol–water partition coefficient (Wildman–Crippen LogP) is 0.545. The number of carbonyl (C=O) groups is 1. The minimum absolute atomic E-state index is 0.0813. The molecule has 1 N–H and O–H groups in total. The van der Waals surface area contributed by atoms with Crippen molar-refractivity contribution in [1.29, 1.82) is 0 Å². The fourth-order valence-corrected chi connectivity index (χ4v) is 0.780. The van der Waals surface area contributed by atoms with Crippen LogP contribution in [0.4, 0.5) is 0 Å². The second-order valence-corrected chi connectivity index (χ2v) is 3.11. The number of ether oxygens (including phenoxy) is 1. The number of halogens is 1. The zero-order valence-electron chi connectivity index (χ0n) is 5.90. The topological polar surface area (TPSA) is 72.3 Å². The van der Waals surface area contributed by atoms with E-state index in [0.717, 1.165) is 3.57 Å². The largest absolute Gasteiger partial charge is 0.479 e. The third kappa shape index (κ3) is 2.99. The Hall–Kier alpha value is -0.920. The highest BCUT2D eigenvalue weighted by Gasteiger charge is 2.00. The number of hydrogen-bond acceptors (Lipinski definition) is 4. The number of rotatable bonds is 3. The van der Waals surface area contributed by atoms with Crippen molar-refractivity contribution in [3.05, 3.63) is 16.0 Å². The molecule has 0 aliphatic carbocycles. The smallest absolute Gasteiger partial charge is 0.341 e. The van der Waals surface area contributed by atoms with Gasteiger partial charge in [0.15, 0.2) is 6.61 Å². The van der Waals surface area contributed by atoms with Gasteiger partial charge in [0.05, 0.1) is 0 Å². The van der Waals surface area contributed by atoms with Gasteiger partial charge in [0, 0.05) is 16.0 Å². The van der Waals surface area contributed by atoms with E-state index in [-0.39, 0.29) is 6.01 Å². The van der Waals surface area contributed by atoms with Crippen LogP contribution in [-0.4, -0.2) is 27.7 Å². The van der Waals surface area contributed by atoms with Gasteiger partial charge in [-0.2, -0.15) is 0 Å². The number of aliphatic carboxylic acids is 1. The lowest BCUT2D eigenvalue weighted by Crippen LogP contribution is -2.11. The van der Waals surface area contributed by atoms with Gasteiger partial charge in [-0.3, -0.25) is 0 Å². The summed E-state index contributed by atoms with van der Waals surface area (Å²) in [6, 6.07) is 0.0813. The lowest BCUT2D eigenvalue weighted by Gasteiger charge is -1.98. The van der Waals surface area contributed by atoms with Crippen LogP contribution in [0.25, 0.3) is 0 Å². The standard InChI is InChI=1S/C6H5IN2O3/c7-4-1-8-6(9-2-4)12-3-5(10)11/h1-2H,3H2,(H,10,11). The maximum atomic E-state index is 10.1. The van der Waals surface area contributed by atoms with Gasteiger partial charge in [0.2, 0.25) is 0 Å². The van der Waals surface area contributed by atoms with Gasteiger partial charge in [-0.05, 0) is 22.6 Å². The second kappa shape index (κ2) is 4.19. The molecule has 0 atom stereocenters. The van der Waals surface area contributed by atoms with E-state index >= 15 is 0 Å². The first-order valence-electron chi connectivity index (χ1n) is 3.00. The number of hydrogen-bond donors (Lipinski definition) is 1. The molecule has 0 saturated heterocycles. The molecule has 1 aromatic rings. The van der Waals surface area contributed by atoms with Crippen LogP contribution in [0, 0.1) is 3.57 Å². The van der Waals surface area contributed by atoms with E-state index in [0.29, 0.717) is 0 Å². The summed E-state index contributed by atoms with van der Waals surface area (Å²) in [6.07, 6.45) is 3.09. The van der Waals surface area contributed by atoms with Gasteiger partial charge in [-0.15, -0.1) is 0 Å². The molecule has 0 spiro atoms. The van der Waals surface area contributed by atoms with Crippen LogP contribution in [-0.2, 0) is 4.79 Å². The Balaban J connectivity index is 2.53. The first-order chi connectivity index (χ1) is 5.68. The van der Waals surface area contributed by atoms with Crippen LogP contribution in [0.15, 0.2) is 12.4 Å². The van der Waals surface area contributed by atoms with Gasteiger partial charge < -0.3 is 9.84 Å². The summed E-state index contributed by atoms with van der Waals surface area (Å²) in [5.41, 5.74) is 0. The average molecular weight is 280 g/mol. The maximum Gasteiger partial charge on any atom is 0.341 e. The molecule has 0 aliphatic heterocycles. The summed E-state index contributed by atoms with van der Waals surface area (Å²) in [5.74, 6) is -1.04. The number of nitrogens with zero attached hydrogens (tertiary/aromatic N) is 2. The molecule has 6 heteroatoms. The Morgan fingerprint density at radius 3 is 2.67 bits per heavy atom. The molecule has 1 heterocycles. The molecule has 0 amide bonds. The first kappa shape index (κ1) is 9.17. The summed E-state index contributed by atoms with van der Waals surface area (Å²) < 4.78 is 5.57. The molecule has 0 fully saturated rings. The third-order valence-electron chi connectivity index (χ3n) is 0.921. The van der Waals surface area contributed by atoms with Crippen molar-refractivity contribution in [2.24, 2.45) is 0 Å². The van der Waals surface area contributed by atoms with Crippen molar-refractivity contribution >= 4 is 28.6 Å². The molecule has 0 bridgehead atoms. The van der Waals surface area contributed by atoms with Crippen molar-refractivity contribution < 1.29 is 14.6 Å². The molecule has 1 rings (SSSR count). The number of carboxylic acid groups (broad SMARTS) is 1. The summed E-state index contributed by atoms with van der Waals surface area (Å²) in [5, 5.41) is 8.25. The molecule has 0 saturated carbocycles. The molecular weight excluding hydrogens is 275 g/mol. The van der Waals surface area contributed by atoms with Crippen molar-refractivity contribution in [1.82, 2.24) is 9.97 Å². The number of carboxylic acids is 1. The van der Waals surface area contributed by atoms with Crippen LogP contribution in [0.3, 0.4) is 0 Å². The summed E-state index contributed by atoms with van der Waals surface area (Å²) >= 11 is 2.04. The van der Waals surface area contributed by atoms with Gasteiger partial charge in [0.1, 0.15) is 0 Å². The normalized spacial score (nSPS) is 9.42. The van der Waals surface area contributed by atoms with Crippen LogP contribution >= 0.6 is 22.6 Å². The van der Waals surface area contributed by atoms with Crippen molar-refractivity contribution in [2.45, 2.75) is 0 Å². The summed E-state index contributed by atoms with van der Waals surface area (Å²) in [7, 11) is 0. The Morgan fingerprint density at radius 2 is 2.17 bits per heavy atom. The highest BCUT2D eigenvalue weighted by Crippen LogP contribution is 2.03. The fraction of sp³-hybridized carbons (Fsp3) is 0.167. The van der Waals surface area contributed by atoms with E-state index in [9.17, 15) is 4.79 Å². The summed E-state index contributed by atoms with van der Waals surface area (Å²) in [4.78, 5) is 17.5. The molecule has 0 aromatic carbocycles. The van der Waals surface area contributed by atoms with Gasteiger partial charge in [0.25, 0.3) is 0 Å². The zero-order chi connectivity index (χ0) is 8.97. The quantitative estimate of drug-likeness (QED) is 0.818. The highest BCUT2D eigenvalue weighted by atomic mass is 127. The van der Waals surface area contributed by atoms with Crippen molar-refractivity contribution in [3.8, 4) is 6.01 Å². The van der Waals surface area contributed by atoms with E-state index in [2.05, 4.69) is 9.97 Å². The lowest BCUT2D eigenvalue weighted by molar-refractivity contribution is -0.139. The van der Waals surface area contributed by atoms with Crippen LogP contribution in [0.5, 0.6) is 6.01 Å². The average Bonchev–Trinajstić information content (AvgIpc) is 2.03. The van der Waals surface area contributed by atoms with E-state index in [4.69, 9.17) is 9.84 Å². The SMILES string of the molecule is O=C(O)COc1ncc(I)cn1. The first-order valence-corrected chi connectivity index (χ1v) is 4.08. The minimum Gasteiger partial charge on any atom is -0.479 e. The molecular formula is C6H5IN2O3. The van der Waals surface area contributed by atoms with E-state index in [1.165, 1.54) is 0 Å². The predicted molar refractivity (Wildman–Crippen MR) is 47.9 cm³/mol. The Kier molecular flexibility index (Phi) is 3.20. The van der Waals surface area contributed by atoms with Crippen LogP contribution < -0.4 is 4.74 Å². The minimum atomic E-state index is -1.04. The Morgan fingerprint density at radius 1 is 1.58 bits per heavy atom. The molecule has 0 aliphatic rings. The van der Waals surface area contributed by atoms with Gasteiger partial charge >= 0.3 is 12.0 Å². The monoisotopic (exact) mass is 280 g/mol. The maximum absolute atomic E-state index is 10.1. The Bertz CT molecular complexity index is 275. The zero-order valence-corrected chi connectivity index (χ0v) is 8.06. The van der Waals surface area contributed by atoms with Crippen LogP contribution in [0.2, 0.25) is 0 Å². The molecule has 0 radical (unpaired) electrons. The molecule has 12 heavy (non-hydrogen) atoms. The Labute approximate surface area is 81.9 Å². The van der Waals surface area contributed by atoms with Gasteiger partial charge in [-0.1, -0.05) is 0 Å². The van der Waals surface area contributed by atoms with E-state index < -0.39 is 12.6 Å². The molecule has 0 unspecified atom stereocenters. The van der Waals surface area contributed by atoms with Gasteiger partial charge in [-0.25, -0.2) is 14.8 Å². The lowest BCUT2D eigenvalue weighted by atomic mass is 10.7. The molecule has 64 valence electrons. The molecule has 5 nitrogen and oxygen atoms in total. The van der Waals surface area contributed by atoms with E-state index in [1.807, 2.05) is 22.6 Å². The summed E-state index contributed by atoms with van der Waals surface area (Å²) in [6.45, 7) is -0.416. The van der Waals surface area contributed by atoms with Crippen LogP contribution in [0.1, 0.15) is 0 Å². The van der Waals surface area contributed by atoms with Crippen molar-refractivity contribution in [2.75, 3.05) is 6.61 Å². The van der Waals surface area contributed by atoms with E-state index in [1.54, 1.807) is 12.4 Å². The second-order valence-electron chi connectivity index (χ2n) is 1.87.